The lowest BCUT2D eigenvalue weighted by atomic mass is 10.0. The van der Waals surface area contributed by atoms with Crippen LogP contribution in [0.2, 0.25) is 0 Å². The summed E-state index contributed by atoms with van der Waals surface area (Å²) in [6.45, 7) is 12.0. The van der Waals surface area contributed by atoms with Gasteiger partial charge in [-0.15, -0.1) is 0 Å². The first kappa shape index (κ1) is 16.8. The molecule has 1 aromatic heterocycles. The Morgan fingerprint density at radius 2 is 2.14 bits per heavy atom. The van der Waals surface area contributed by atoms with Crippen LogP contribution in [-0.4, -0.2) is 21.7 Å². The normalized spacial score (nSPS) is 19.1. The van der Waals surface area contributed by atoms with Crippen LogP contribution >= 0.6 is 0 Å². The average Bonchev–Trinajstić information content (AvgIpc) is 2.92. The Morgan fingerprint density at radius 1 is 1.45 bits per heavy atom. The lowest BCUT2D eigenvalue weighted by molar-refractivity contribution is 0.0486. The number of aromatic amines is 1. The van der Waals surface area contributed by atoms with Gasteiger partial charge in [0.2, 0.25) is 0 Å². The van der Waals surface area contributed by atoms with Gasteiger partial charge < -0.3 is 15.0 Å². The molecule has 0 aromatic carbocycles. The topological polar surface area (TPSA) is 67.0 Å². The summed E-state index contributed by atoms with van der Waals surface area (Å²) in [4.78, 5) is 20.3. The molecule has 0 bridgehead atoms. The Bertz CT molecular complexity index is 528. The van der Waals surface area contributed by atoms with Crippen LogP contribution in [0, 0.1) is 5.92 Å². The molecule has 0 spiro atoms. The summed E-state index contributed by atoms with van der Waals surface area (Å²) >= 11 is 0. The summed E-state index contributed by atoms with van der Waals surface area (Å²) in [5.41, 5.74) is 1.93. The lowest BCUT2D eigenvalue weighted by Crippen LogP contribution is -2.37. The Balaban J connectivity index is 2.14. The highest BCUT2D eigenvalue weighted by Gasteiger charge is 2.30. The largest absolute Gasteiger partial charge is 0.444 e. The number of hydrogen-bond acceptors (Lipinski definition) is 3. The molecular weight excluding hydrogens is 278 g/mol. The SMILES string of the molecule is CCC1CCc2[nH]c(C(NC(=O)OC(C)(C)C)C(C)C)nc21. The molecule has 1 amide bonds. The third-order valence-electron chi connectivity index (χ3n) is 4.08. The number of aromatic nitrogens is 2. The molecular formula is C17H29N3O2. The standard InChI is InChI=1S/C17H29N3O2/c1-7-11-8-9-12-14(11)19-15(18-12)13(10(2)3)20-16(21)22-17(4,5)6/h10-11,13H,7-9H2,1-6H3,(H,18,19)(H,20,21). The van der Waals surface area contributed by atoms with Crippen molar-refractivity contribution in [3.05, 3.63) is 17.2 Å². The van der Waals surface area contributed by atoms with Gasteiger partial charge in [0.15, 0.2) is 0 Å². The molecule has 1 aliphatic rings. The quantitative estimate of drug-likeness (QED) is 0.881. The second kappa shape index (κ2) is 6.31. The summed E-state index contributed by atoms with van der Waals surface area (Å²) in [6, 6.07) is -0.155. The molecule has 5 nitrogen and oxygen atoms in total. The van der Waals surface area contributed by atoms with E-state index in [1.54, 1.807) is 0 Å². The number of carbonyl (C=O) groups is 1. The molecule has 2 rings (SSSR count). The summed E-state index contributed by atoms with van der Waals surface area (Å²) < 4.78 is 5.37. The summed E-state index contributed by atoms with van der Waals surface area (Å²) in [5, 5.41) is 2.96. The van der Waals surface area contributed by atoms with Gasteiger partial charge in [-0.2, -0.15) is 0 Å². The van der Waals surface area contributed by atoms with Gasteiger partial charge >= 0.3 is 6.09 Å². The van der Waals surface area contributed by atoms with Crippen molar-refractivity contribution in [3.8, 4) is 0 Å². The smallest absolute Gasteiger partial charge is 0.408 e. The molecule has 0 radical (unpaired) electrons. The van der Waals surface area contributed by atoms with E-state index in [0.29, 0.717) is 5.92 Å². The molecule has 1 aromatic rings. The molecule has 0 fully saturated rings. The van der Waals surface area contributed by atoms with Gasteiger partial charge in [-0.25, -0.2) is 9.78 Å². The van der Waals surface area contributed by atoms with Gasteiger partial charge in [-0.05, 0) is 46.0 Å². The Kier molecular flexibility index (Phi) is 4.83. The molecule has 124 valence electrons. The first-order chi connectivity index (χ1) is 10.2. The van der Waals surface area contributed by atoms with E-state index in [0.717, 1.165) is 18.7 Å². The van der Waals surface area contributed by atoms with Gasteiger partial charge in [-0.3, -0.25) is 0 Å². The minimum Gasteiger partial charge on any atom is -0.444 e. The van der Waals surface area contributed by atoms with Crippen molar-refractivity contribution in [2.24, 2.45) is 5.92 Å². The van der Waals surface area contributed by atoms with Crippen molar-refractivity contribution < 1.29 is 9.53 Å². The molecule has 1 heterocycles. The molecule has 5 heteroatoms. The van der Waals surface area contributed by atoms with Crippen molar-refractivity contribution in [3.63, 3.8) is 0 Å². The van der Waals surface area contributed by atoms with E-state index in [1.165, 1.54) is 17.8 Å². The predicted molar refractivity (Wildman–Crippen MR) is 86.9 cm³/mol. The number of alkyl carbamates (subject to hydrolysis) is 1. The van der Waals surface area contributed by atoms with Gasteiger partial charge in [0.25, 0.3) is 0 Å². The number of H-pyrrole nitrogens is 1. The van der Waals surface area contributed by atoms with Crippen LogP contribution in [0.3, 0.4) is 0 Å². The van der Waals surface area contributed by atoms with Crippen LogP contribution in [0.1, 0.15) is 83.6 Å². The number of nitrogens with one attached hydrogen (secondary N) is 2. The Hall–Kier alpha value is -1.52. The van der Waals surface area contributed by atoms with Crippen molar-refractivity contribution >= 4 is 6.09 Å². The van der Waals surface area contributed by atoms with Gasteiger partial charge in [0, 0.05) is 11.6 Å². The van der Waals surface area contributed by atoms with Crippen LogP contribution in [0.5, 0.6) is 0 Å². The first-order valence-corrected chi connectivity index (χ1v) is 8.29. The third kappa shape index (κ3) is 3.81. The number of carbonyl (C=O) groups excluding carboxylic acids is 1. The molecule has 2 unspecified atom stereocenters. The fraction of sp³-hybridized carbons (Fsp3) is 0.765. The van der Waals surface area contributed by atoms with Gasteiger partial charge in [0.05, 0.1) is 11.7 Å². The fourth-order valence-electron chi connectivity index (χ4n) is 2.96. The Morgan fingerprint density at radius 3 is 2.68 bits per heavy atom. The van der Waals surface area contributed by atoms with Crippen LogP contribution in [0.25, 0.3) is 0 Å². The average molecular weight is 307 g/mol. The van der Waals surface area contributed by atoms with E-state index in [2.05, 4.69) is 31.1 Å². The van der Waals surface area contributed by atoms with Crippen LogP contribution in [-0.2, 0) is 11.2 Å². The van der Waals surface area contributed by atoms with Crippen LogP contribution < -0.4 is 5.32 Å². The maximum Gasteiger partial charge on any atom is 0.408 e. The van der Waals surface area contributed by atoms with Crippen molar-refractivity contribution in [1.29, 1.82) is 0 Å². The molecule has 1 aliphatic carbocycles. The first-order valence-electron chi connectivity index (χ1n) is 8.29. The van der Waals surface area contributed by atoms with Gasteiger partial charge in [-0.1, -0.05) is 20.8 Å². The number of nitrogens with zero attached hydrogens (tertiary/aromatic N) is 1. The number of fused-ring (bicyclic) bond motifs is 1. The highest BCUT2D eigenvalue weighted by Crippen LogP contribution is 2.35. The number of amides is 1. The number of rotatable bonds is 4. The zero-order valence-corrected chi connectivity index (χ0v) is 14.6. The number of aryl methyl sites for hydroxylation is 1. The highest BCUT2D eigenvalue weighted by molar-refractivity contribution is 5.68. The summed E-state index contributed by atoms with van der Waals surface area (Å²) in [5.74, 6) is 1.64. The molecule has 2 atom stereocenters. The molecule has 0 aliphatic heterocycles. The molecule has 2 N–H and O–H groups in total. The van der Waals surface area contributed by atoms with E-state index < -0.39 is 11.7 Å². The predicted octanol–water partition coefficient (Wildman–Crippen LogP) is 4.07. The second-order valence-electron chi connectivity index (χ2n) is 7.50. The number of hydrogen-bond donors (Lipinski definition) is 2. The maximum absolute atomic E-state index is 12.1. The van der Waals surface area contributed by atoms with Crippen LogP contribution in [0.4, 0.5) is 4.79 Å². The molecule has 0 saturated carbocycles. The van der Waals surface area contributed by atoms with Crippen molar-refractivity contribution in [1.82, 2.24) is 15.3 Å². The highest BCUT2D eigenvalue weighted by atomic mass is 16.6. The zero-order valence-electron chi connectivity index (χ0n) is 14.6. The molecule has 22 heavy (non-hydrogen) atoms. The molecule has 0 saturated heterocycles. The zero-order chi connectivity index (χ0) is 16.5. The second-order valence-corrected chi connectivity index (χ2v) is 7.50. The van der Waals surface area contributed by atoms with Crippen molar-refractivity contribution in [2.45, 2.75) is 78.4 Å². The summed E-state index contributed by atoms with van der Waals surface area (Å²) in [7, 11) is 0. The third-order valence-corrected chi connectivity index (χ3v) is 4.08. The number of imidazole rings is 1. The minimum absolute atomic E-state index is 0.155. The Labute approximate surface area is 133 Å². The van der Waals surface area contributed by atoms with Gasteiger partial charge in [0.1, 0.15) is 11.4 Å². The number of ether oxygens (including phenoxy) is 1. The monoisotopic (exact) mass is 307 g/mol. The lowest BCUT2D eigenvalue weighted by Gasteiger charge is -2.24. The van der Waals surface area contributed by atoms with Crippen molar-refractivity contribution in [2.75, 3.05) is 0 Å². The van der Waals surface area contributed by atoms with E-state index >= 15 is 0 Å². The van der Waals surface area contributed by atoms with E-state index in [4.69, 9.17) is 9.72 Å². The van der Waals surface area contributed by atoms with E-state index in [9.17, 15) is 4.79 Å². The maximum atomic E-state index is 12.1. The van der Waals surface area contributed by atoms with E-state index in [-0.39, 0.29) is 12.0 Å². The fourth-order valence-corrected chi connectivity index (χ4v) is 2.96. The minimum atomic E-state index is -0.496. The van der Waals surface area contributed by atoms with Crippen LogP contribution in [0.15, 0.2) is 0 Å². The van der Waals surface area contributed by atoms with E-state index in [1.807, 2.05) is 20.8 Å². The summed E-state index contributed by atoms with van der Waals surface area (Å²) in [6.07, 6.45) is 2.95.